The van der Waals surface area contributed by atoms with Crippen LogP contribution in [-0.2, 0) is 0 Å². The van der Waals surface area contributed by atoms with E-state index in [0.29, 0.717) is 6.04 Å². The van der Waals surface area contributed by atoms with Gasteiger partial charge in [0.05, 0.1) is 18.0 Å². The maximum absolute atomic E-state index is 6.04. The van der Waals surface area contributed by atoms with Gasteiger partial charge in [0.2, 0.25) is 0 Å². The van der Waals surface area contributed by atoms with Crippen molar-refractivity contribution in [3.05, 3.63) is 78.4 Å². The van der Waals surface area contributed by atoms with E-state index in [1.807, 2.05) is 11.8 Å². The number of anilines is 2. The van der Waals surface area contributed by atoms with Gasteiger partial charge in [-0.05, 0) is 81.2 Å². The van der Waals surface area contributed by atoms with Crippen molar-refractivity contribution >= 4 is 23.1 Å². The summed E-state index contributed by atoms with van der Waals surface area (Å²) in [6.07, 6.45) is 4.70. The van der Waals surface area contributed by atoms with Crippen LogP contribution in [0, 0.1) is 0 Å². The van der Waals surface area contributed by atoms with Crippen molar-refractivity contribution in [1.82, 2.24) is 4.90 Å². The number of benzene rings is 3. The third-order valence-electron chi connectivity index (χ3n) is 6.36. The van der Waals surface area contributed by atoms with E-state index in [4.69, 9.17) is 4.74 Å². The summed E-state index contributed by atoms with van der Waals surface area (Å²) in [5.41, 5.74) is 4.05. The molecule has 160 valence electrons. The van der Waals surface area contributed by atoms with Gasteiger partial charge in [-0.15, -0.1) is 0 Å². The van der Waals surface area contributed by atoms with E-state index in [1.165, 1.54) is 46.1 Å². The SMILES string of the molecule is CN1CCCC1c1ccc(OCCCCN2c3ccccc3Sc3ccccc32)cc1. The van der Waals surface area contributed by atoms with Gasteiger partial charge in [-0.25, -0.2) is 0 Å². The van der Waals surface area contributed by atoms with Crippen molar-refractivity contribution < 1.29 is 4.74 Å². The molecule has 1 fully saturated rings. The number of fused-ring (bicyclic) bond motifs is 2. The Morgan fingerprint density at radius 1 is 0.871 bits per heavy atom. The molecular weight excluding hydrogens is 400 g/mol. The highest BCUT2D eigenvalue weighted by molar-refractivity contribution is 7.99. The Labute approximate surface area is 190 Å². The zero-order chi connectivity index (χ0) is 21.0. The molecule has 4 heteroatoms. The number of nitrogens with zero attached hydrogens (tertiary/aromatic N) is 2. The minimum Gasteiger partial charge on any atom is -0.494 e. The monoisotopic (exact) mass is 430 g/mol. The number of ether oxygens (including phenoxy) is 1. The summed E-state index contributed by atoms with van der Waals surface area (Å²) in [6, 6.07) is 26.8. The van der Waals surface area contributed by atoms with Crippen LogP contribution in [0.1, 0.15) is 37.3 Å². The molecule has 0 radical (unpaired) electrons. The summed E-state index contributed by atoms with van der Waals surface area (Å²) in [6.45, 7) is 2.97. The fraction of sp³-hybridized carbons (Fsp3) is 0.333. The molecule has 0 saturated carbocycles. The summed E-state index contributed by atoms with van der Waals surface area (Å²) in [5.74, 6) is 0.981. The van der Waals surface area contributed by atoms with Crippen LogP contribution in [0.3, 0.4) is 0 Å². The maximum Gasteiger partial charge on any atom is 0.119 e. The maximum atomic E-state index is 6.04. The van der Waals surface area contributed by atoms with E-state index in [-0.39, 0.29) is 0 Å². The van der Waals surface area contributed by atoms with Crippen molar-refractivity contribution in [3.63, 3.8) is 0 Å². The average Bonchev–Trinajstić information content (AvgIpc) is 3.24. The molecule has 2 aliphatic rings. The fourth-order valence-electron chi connectivity index (χ4n) is 4.70. The van der Waals surface area contributed by atoms with Gasteiger partial charge < -0.3 is 9.64 Å². The van der Waals surface area contributed by atoms with Crippen LogP contribution < -0.4 is 9.64 Å². The molecule has 0 aliphatic carbocycles. The van der Waals surface area contributed by atoms with Crippen LogP contribution in [0.25, 0.3) is 0 Å². The van der Waals surface area contributed by atoms with Crippen LogP contribution in [-0.4, -0.2) is 31.6 Å². The van der Waals surface area contributed by atoms with Crippen molar-refractivity contribution in [1.29, 1.82) is 0 Å². The molecule has 2 heterocycles. The Hall–Kier alpha value is -2.43. The second-order valence-electron chi connectivity index (χ2n) is 8.45. The molecule has 31 heavy (non-hydrogen) atoms. The zero-order valence-electron chi connectivity index (χ0n) is 18.2. The molecule has 0 bridgehead atoms. The average molecular weight is 431 g/mol. The van der Waals surface area contributed by atoms with Crippen molar-refractivity contribution in [2.45, 2.75) is 41.5 Å². The van der Waals surface area contributed by atoms with Crippen LogP contribution in [0.5, 0.6) is 5.75 Å². The van der Waals surface area contributed by atoms with Crippen LogP contribution >= 0.6 is 11.8 Å². The van der Waals surface area contributed by atoms with Gasteiger partial charge in [0.25, 0.3) is 0 Å². The van der Waals surface area contributed by atoms with E-state index < -0.39 is 0 Å². The number of likely N-dealkylation sites (tertiary alicyclic amines) is 1. The third kappa shape index (κ3) is 4.46. The first kappa shape index (κ1) is 20.5. The number of rotatable bonds is 7. The molecule has 0 amide bonds. The quantitative estimate of drug-likeness (QED) is 0.378. The predicted molar refractivity (Wildman–Crippen MR) is 130 cm³/mol. The molecule has 1 unspecified atom stereocenters. The summed E-state index contributed by atoms with van der Waals surface area (Å²) >= 11 is 1.87. The summed E-state index contributed by atoms with van der Waals surface area (Å²) < 4.78 is 6.04. The van der Waals surface area contributed by atoms with E-state index in [1.54, 1.807) is 0 Å². The standard InChI is InChI=1S/C27H30N2OS/c1-28-18-8-11-23(28)21-14-16-22(17-15-21)30-20-7-6-19-29-24-9-2-4-12-26(24)31-27-13-5-3-10-25(27)29/h2-5,9-10,12-17,23H,6-8,11,18-20H2,1H3. The van der Waals surface area contributed by atoms with E-state index >= 15 is 0 Å². The lowest BCUT2D eigenvalue weighted by Gasteiger charge is -2.32. The molecule has 0 N–H and O–H groups in total. The molecule has 1 atom stereocenters. The summed E-state index contributed by atoms with van der Waals surface area (Å²) in [4.78, 5) is 7.59. The Morgan fingerprint density at radius 3 is 2.19 bits per heavy atom. The second-order valence-corrected chi connectivity index (χ2v) is 9.54. The number of hydrogen-bond acceptors (Lipinski definition) is 4. The van der Waals surface area contributed by atoms with Gasteiger partial charge in [-0.1, -0.05) is 48.2 Å². The summed E-state index contributed by atoms with van der Waals surface area (Å²) in [7, 11) is 2.22. The van der Waals surface area contributed by atoms with E-state index in [9.17, 15) is 0 Å². The summed E-state index contributed by atoms with van der Waals surface area (Å²) in [5, 5.41) is 0. The Bertz CT molecular complexity index is 974. The highest BCUT2D eigenvalue weighted by atomic mass is 32.2. The van der Waals surface area contributed by atoms with Gasteiger partial charge in [-0.3, -0.25) is 4.90 Å². The third-order valence-corrected chi connectivity index (χ3v) is 7.49. The Balaban J connectivity index is 1.15. The predicted octanol–water partition coefficient (Wildman–Crippen LogP) is 6.92. The molecule has 3 nitrogen and oxygen atoms in total. The highest BCUT2D eigenvalue weighted by Gasteiger charge is 2.23. The lowest BCUT2D eigenvalue weighted by atomic mass is 10.0. The smallest absolute Gasteiger partial charge is 0.119 e. The second kappa shape index (κ2) is 9.37. The molecule has 0 aromatic heterocycles. The van der Waals surface area contributed by atoms with E-state index in [2.05, 4.69) is 89.6 Å². The molecule has 5 rings (SSSR count). The van der Waals surface area contributed by atoms with Crippen molar-refractivity contribution in [2.75, 3.05) is 31.6 Å². The number of para-hydroxylation sites is 2. The van der Waals surface area contributed by atoms with Gasteiger partial charge in [-0.2, -0.15) is 0 Å². The molecular formula is C27H30N2OS. The van der Waals surface area contributed by atoms with Gasteiger partial charge in [0.15, 0.2) is 0 Å². The first-order chi connectivity index (χ1) is 15.3. The molecule has 2 aliphatic heterocycles. The topological polar surface area (TPSA) is 15.7 Å². The molecule has 1 saturated heterocycles. The van der Waals surface area contributed by atoms with Crippen LogP contribution in [0.4, 0.5) is 11.4 Å². The molecule has 3 aromatic carbocycles. The highest BCUT2D eigenvalue weighted by Crippen LogP contribution is 2.47. The van der Waals surface area contributed by atoms with Gasteiger partial charge in [0.1, 0.15) is 5.75 Å². The lowest BCUT2D eigenvalue weighted by Crippen LogP contribution is -2.22. The minimum atomic E-state index is 0.572. The first-order valence-corrected chi connectivity index (χ1v) is 12.2. The molecule has 0 spiro atoms. The van der Waals surface area contributed by atoms with Gasteiger partial charge in [0, 0.05) is 22.4 Å². The van der Waals surface area contributed by atoms with Gasteiger partial charge >= 0.3 is 0 Å². The van der Waals surface area contributed by atoms with Crippen molar-refractivity contribution in [3.8, 4) is 5.75 Å². The fourth-order valence-corrected chi connectivity index (χ4v) is 5.80. The van der Waals surface area contributed by atoms with E-state index in [0.717, 1.165) is 31.7 Å². The Morgan fingerprint density at radius 2 is 1.55 bits per heavy atom. The molecule has 3 aromatic rings. The first-order valence-electron chi connectivity index (χ1n) is 11.4. The van der Waals surface area contributed by atoms with Crippen LogP contribution in [0.2, 0.25) is 0 Å². The van der Waals surface area contributed by atoms with Crippen molar-refractivity contribution in [2.24, 2.45) is 0 Å². The Kier molecular flexibility index (Phi) is 6.19. The number of hydrogen-bond donors (Lipinski definition) is 0. The largest absolute Gasteiger partial charge is 0.494 e. The normalized spacial score (nSPS) is 18.0. The van der Waals surface area contributed by atoms with Crippen LogP contribution in [0.15, 0.2) is 82.6 Å². The number of unbranched alkanes of at least 4 members (excludes halogenated alkanes) is 1. The zero-order valence-corrected chi connectivity index (χ0v) is 19.0. The minimum absolute atomic E-state index is 0.572. The lowest BCUT2D eigenvalue weighted by molar-refractivity contribution is 0.305.